The number of aromatic nitrogens is 1. The molecule has 0 aliphatic heterocycles. The lowest BCUT2D eigenvalue weighted by molar-refractivity contribution is 0.488. The highest BCUT2D eigenvalue weighted by Crippen LogP contribution is 2.18. The quantitative estimate of drug-likeness (QED) is 0.780. The van der Waals surface area contributed by atoms with Gasteiger partial charge in [0.05, 0.1) is 6.20 Å². The van der Waals surface area contributed by atoms with E-state index in [-0.39, 0.29) is 11.9 Å². The van der Waals surface area contributed by atoms with Crippen molar-refractivity contribution in [1.29, 1.82) is 0 Å². The Labute approximate surface area is 90.9 Å². The van der Waals surface area contributed by atoms with Crippen molar-refractivity contribution in [2.75, 3.05) is 6.54 Å². The molecule has 2 nitrogen and oxygen atoms in total. The molecule has 0 saturated heterocycles. The van der Waals surface area contributed by atoms with E-state index >= 15 is 0 Å². The molecule has 15 heavy (non-hydrogen) atoms. The zero-order valence-corrected chi connectivity index (χ0v) is 9.46. The highest BCUT2D eigenvalue weighted by Gasteiger charge is 2.10. The minimum Gasteiger partial charge on any atom is -0.310 e. The van der Waals surface area contributed by atoms with Gasteiger partial charge < -0.3 is 5.32 Å². The normalized spacial score (nSPS) is 12.7. The molecule has 0 aliphatic carbocycles. The number of hydrogen-bond acceptors (Lipinski definition) is 2. The van der Waals surface area contributed by atoms with E-state index in [9.17, 15) is 4.39 Å². The van der Waals surface area contributed by atoms with Crippen LogP contribution in [0.5, 0.6) is 0 Å². The Kier molecular flexibility index (Phi) is 5.26. The van der Waals surface area contributed by atoms with Crippen LogP contribution in [-0.4, -0.2) is 11.5 Å². The second kappa shape index (κ2) is 6.51. The summed E-state index contributed by atoms with van der Waals surface area (Å²) in [5, 5.41) is 3.41. The van der Waals surface area contributed by atoms with Crippen LogP contribution in [0, 0.1) is 5.82 Å². The van der Waals surface area contributed by atoms with Crippen LogP contribution in [0.25, 0.3) is 0 Å². The molecule has 1 rings (SSSR count). The third-order valence-electron chi connectivity index (χ3n) is 2.35. The predicted molar refractivity (Wildman–Crippen MR) is 60.1 cm³/mol. The van der Waals surface area contributed by atoms with Crippen LogP contribution in [0.15, 0.2) is 18.5 Å². The first-order valence-electron chi connectivity index (χ1n) is 5.61. The number of halogens is 1. The molecule has 0 saturated carbocycles. The summed E-state index contributed by atoms with van der Waals surface area (Å²) in [5.41, 5.74) is 0.949. The van der Waals surface area contributed by atoms with Crippen LogP contribution in [0.2, 0.25) is 0 Å². The Balaban J connectivity index is 2.69. The molecule has 1 heterocycles. The molecule has 1 atom stereocenters. The molecule has 0 spiro atoms. The van der Waals surface area contributed by atoms with Crippen molar-refractivity contribution in [3.05, 3.63) is 29.8 Å². The molecule has 1 aromatic rings. The van der Waals surface area contributed by atoms with Gasteiger partial charge in [0.25, 0.3) is 0 Å². The van der Waals surface area contributed by atoms with Crippen molar-refractivity contribution in [3.8, 4) is 0 Å². The van der Waals surface area contributed by atoms with E-state index in [4.69, 9.17) is 0 Å². The molecular weight excluding hydrogens is 191 g/mol. The molecule has 0 aromatic carbocycles. The van der Waals surface area contributed by atoms with E-state index in [0.717, 1.165) is 31.4 Å². The lowest BCUT2D eigenvalue weighted by atomic mass is 10.0. The zero-order chi connectivity index (χ0) is 11.1. The Morgan fingerprint density at radius 1 is 1.33 bits per heavy atom. The van der Waals surface area contributed by atoms with Crippen LogP contribution in [0.3, 0.4) is 0 Å². The lowest BCUT2D eigenvalue weighted by Crippen LogP contribution is -2.22. The van der Waals surface area contributed by atoms with E-state index in [1.165, 1.54) is 6.20 Å². The molecule has 84 valence electrons. The third kappa shape index (κ3) is 3.96. The largest absolute Gasteiger partial charge is 0.310 e. The molecule has 0 radical (unpaired) electrons. The van der Waals surface area contributed by atoms with Crippen molar-refractivity contribution in [1.82, 2.24) is 10.3 Å². The fraction of sp³-hybridized carbons (Fsp3) is 0.583. The highest BCUT2D eigenvalue weighted by molar-refractivity contribution is 5.14. The maximum Gasteiger partial charge on any atom is 0.141 e. The Morgan fingerprint density at radius 2 is 2.13 bits per heavy atom. The molecule has 0 amide bonds. The second-order valence-electron chi connectivity index (χ2n) is 3.73. The van der Waals surface area contributed by atoms with Crippen molar-refractivity contribution < 1.29 is 4.39 Å². The van der Waals surface area contributed by atoms with E-state index in [0.29, 0.717) is 0 Å². The van der Waals surface area contributed by atoms with Crippen LogP contribution in [0.4, 0.5) is 4.39 Å². The van der Waals surface area contributed by atoms with Crippen molar-refractivity contribution in [2.45, 2.75) is 39.2 Å². The summed E-state index contributed by atoms with van der Waals surface area (Å²) in [4.78, 5) is 3.88. The minimum absolute atomic E-state index is 0.234. The van der Waals surface area contributed by atoms with E-state index in [1.54, 1.807) is 12.3 Å². The topological polar surface area (TPSA) is 24.9 Å². The van der Waals surface area contributed by atoms with Crippen molar-refractivity contribution in [2.24, 2.45) is 0 Å². The standard InChI is InChI=1S/C12H19FN2/c1-3-5-12(15-6-4-2)10-7-11(13)9-14-8-10/h7-9,12,15H,3-6H2,1-2H3. The first kappa shape index (κ1) is 12.1. The van der Waals surface area contributed by atoms with Gasteiger partial charge in [-0.25, -0.2) is 4.39 Å². The predicted octanol–water partition coefficient (Wildman–Crippen LogP) is 3.06. The smallest absolute Gasteiger partial charge is 0.141 e. The van der Waals surface area contributed by atoms with Gasteiger partial charge in [-0.1, -0.05) is 20.3 Å². The average molecular weight is 210 g/mol. The van der Waals surface area contributed by atoms with E-state index < -0.39 is 0 Å². The molecule has 0 bridgehead atoms. The van der Waals surface area contributed by atoms with Gasteiger partial charge in [-0.15, -0.1) is 0 Å². The molecular formula is C12H19FN2. The molecule has 0 fully saturated rings. The van der Waals surface area contributed by atoms with E-state index in [2.05, 4.69) is 24.1 Å². The maximum atomic E-state index is 13.0. The number of rotatable bonds is 6. The Bertz CT molecular complexity index is 289. The Hall–Kier alpha value is -0.960. The van der Waals surface area contributed by atoms with Gasteiger partial charge in [-0.05, 0) is 31.0 Å². The zero-order valence-electron chi connectivity index (χ0n) is 9.46. The second-order valence-corrected chi connectivity index (χ2v) is 3.73. The average Bonchev–Trinajstić information content (AvgIpc) is 2.24. The minimum atomic E-state index is -0.257. The number of hydrogen-bond donors (Lipinski definition) is 1. The van der Waals surface area contributed by atoms with Gasteiger partial charge in [0.15, 0.2) is 0 Å². The monoisotopic (exact) mass is 210 g/mol. The van der Waals surface area contributed by atoms with Crippen LogP contribution in [0.1, 0.15) is 44.7 Å². The molecule has 1 aromatic heterocycles. The van der Waals surface area contributed by atoms with Crippen LogP contribution >= 0.6 is 0 Å². The number of pyridine rings is 1. The number of nitrogens with one attached hydrogen (secondary N) is 1. The fourth-order valence-corrected chi connectivity index (χ4v) is 1.61. The maximum absolute atomic E-state index is 13.0. The summed E-state index contributed by atoms with van der Waals surface area (Å²) in [7, 11) is 0. The van der Waals surface area contributed by atoms with Crippen molar-refractivity contribution in [3.63, 3.8) is 0 Å². The van der Waals surface area contributed by atoms with Gasteiger partial charge in [-0.2, -0.15) is 0 Å². The summed E-state index contributed by atoms with van der Waals surface area (Å²) in [6.45, 7) is 5.22. The number of nitrogens with zero attached hydrogens (tertiary/aromatic N) is 1. The first-order chi connectivity index (χ1) is 7.27. The molecule has 0 aliphatic rings. The Morgan fingerprint density at radius 3 is 2.73 bits per heavy atom. The van der Waals surface area contributed by atoms with Gasteiger partial charge >= 0.3 is 0 Å². The molecule has 3 heteroatoms. The lowest BCUT2D eigenvalue weighted by Gasteiger charge is -2.17. The highest BCUT2D eigenvalue weighted by atomic mass is 19.1. The molecule has 1 unspecified atom stereocenters. The third-order valence-corrected chi connectivity index (χ3v) is 2.35. The first-order valence-corrected chi connectivity index (χ1v) is 5.61. The summed E-state index contributed by atoms with van der Waals surface area (Å²) in [6, 6.07) is 1.80. The summed E-state index contributed by atoms with van der Waals surface area (Å²) in [6.07, 6.45) is 6.17. The summed E-state index contributed by atoms with van der Waals surface area (Å²) >= 11 is 0. The van der Waals surface area contributed by atoms with Crippen molar-refractivity contribution >= 4 is 0 Å². The van der Waals surface area contributed by atoms with Gasteiger partial charge in [0.2, 0.25) is 0 Å². The summed E-state index contributed by atoms with van der Waals surface area (Å²) in [5.74, 6) is -0.257. The van der Waals surface area contributed by atoms with Gasteiger partial charge in [-0.3, -0.25) is 4.98 Å². The van der Waals surface area contributed by atoms with Gasteiger partial charge in [0.1, 0.15) is 5.82 Å². The van der Waals surface area contributed by atoms with Crippen LogP contribution in [-0.2, 0) is 0 Å². The SMILES string of the molecule is CCCNC(CCC)c1cncc(F)c1. The van der Waals surface area contributed by atoms with Crippen LogP contribution < -0.4 is 5.32 Å². The van der Waals surface area contributed by atoms with E-state index in [1.807, 2.05) is 0 Å². The fourth-order valence-electron chi connectivity index (χ4n) is 1.61. The van der Waals surface area contributed by atoms with Gasteiger partial charge in [0, 0.05) is 12.2 Å². The summed E-state index contributed by atoms with van der Waals surface area (Å²) < 4.78 is 13.0. The molecule has 1 N–H and O–H groups in total.